The summed E-state index contributed by atoms with van der Waals surface area (Å²) in [6.07, 6.45) is -4.71. The van der Waals surface area contributed by atoms with Crippen molar-refractivity contribution >= 4 is 46.6 Å². The molecule has 0 aliphatic heterocycles. The summed E-state index contributed by atoms with van der Waals surface area (Å²) in [7, 11) is 0. The summed E-state index contributed by atoms with van der Waals surface area (Å²) in [6, 6.07) is 1.11. The van der Waals surface area contributed by atoms with E-state index >= 15 is 0 Å². The highest BCUT2D eigenvalue weighted by molar-refractivity contribution is 8.00. The van der Waals surface area contributed by atoms with E-state index in [1.54, 1.807) is 0 Å². The van der Waals surface area contributed by atoms with Gasteiger partial charge in [-0.05, 0) is 23.7 Å². The molecule has 126 valence electrons. The molecule has 0 spiro atoms. The van der Waals surface area contributed by atoms with Crippen LogP contribution in [0, 0.1) is 0 Å². The summed E-state index contributed by atoms with van der Waals surface area (Å²) in [5.41, 5.74) is -6.39. The van der Waals surface area contributed by atoms with Crippen molar-refractivity contribution in [3.05, 3.63) is 33.0 Å². The number of thioether (sulfide) groups is 1. The van der Waals surface area contributed by atoms with Gasteiger partial charge in [0, 0.05) is 17.3 Å². The van der Waals surface area contributed by atoms with Crippen LogP contribution in [0.5, 0.6) is 0 Å². The molecule has 2 rings (SSSR count). The van der Waals surface area contributed by atoms with Gasteiger partial charge in [0.15, 0.2) is 0 Å². The van der Waals surface area contributed by atoms with Crippen LogP contribution in [0.3, 0.4) is 0 Å². The number of nitrogens with zero attached hydrogens (tertiary/aromatic N) is 1. The Labute approximate surface area is 144 Å². The van der Waals surface area contributed by atoms with Gasteiger partial charge >= 0.3 is 11.7 Å². The molecule has 1 aromatic carbocycles. The van der Waals surface area contributed by atoms with E-state index in [1.807, 2.05) is 0 Å². The second-order valence-electron chi connectivity index (χ2n) is 4.07. The predicted octanol–water partition coefficient (Wildman–Crippen LogP) is 6.67. The zero-order chi connectivity index (χ0) is 17.6. The van der Waals surface area contributed by atoms with Crippen molar-refractivity contribution in [3.63, 3.8) is 0 Å². The van der Waals surface area contributed by atoms with Crippen LogP contribution in [0.15, 0.2) is 17.2 Å². The number of aromatic nitrogens is 2. The average molecular weight is 416 g/mol. The Morgan fingerprint density at radius 3 is 1.91 bits per heavy atom. The maximum absolute atomic E-state index is 12.7. The average Bonchev–Trinajstić information content (AvgIpc) is 2.65. The van der Waals surface area contributed by atoms with Crippen molar-refractivity contribution in [2.75, 3.05) is 0 Å². The summed E-state index contributed by atoms with van der Waals surface area (Å²) in [4.78, 5) is 5.75. The van der Waals surface area contributed by atoms with Crippen LogP contribution in [0.4, 0.5) is 26.3 Å². The third-order valence-electron chi connectivity index (χ3n) is 2.47. The fraction of sp³-hybridized carbons (Fsp3) is 0.182. The quantitative estimate of drug-likeness (QED) is 0.438. The maximum Gasteiger partial charge on any atom is 0.447 e. The standard InChI is InChI=1S/C11H3Cl3F6N2S/c12-4-1-3(10(15,16)17)2-5(13)6(4)7-8(22-9(14)21-7)23-11(18,19)20/h1-2H,(H,21,22). The van der Waals surface area contributed by atoms with Gasteiger partial charge in [-0.15, -0.1) is 0 Å². The first-order valence-corrected chi connectivity index (χ1v) is 7.41. The number of halogens is 9. The van der Waals surface area contributed by atoms with Crippen LogP contribution in [0.1, 0.15) is 5.56 Å². The monoisotopic (exact) mass is 414 g/mol. The first-order valence-electron chi connectivity index (χ1n) is 5.46. The highest BCUT2D eigenvalue weighted by Gasteiger charge is 2.35. The maximum atomic E-state index is 12.7. The Bertz CT molecular complexity index is 717. The number of nitrogens with one attached hydrogen (secondary N) is 1. The molecule has 12 heteroatoms. The first-order chi connectivity index (χ1) is 10.4. The summed E-state index contributed by atoms with van der Waals surface area (Å²) in [5.74, 6) is 0. The first kappa shape index (κ1) is 18.6. The lowest BCUT2D eigenvalue weighted by Crippen LogP contribution is -2.05. The molecule has 0 radical (unpaired) electrons. The van der Waals surface area contributed by atoms with Crippen molar-refractivity contribution in [2.24, 2.45) is 0 Å². The number of rotatable bonds is 2. The molecule has 0 aliphatic carbocycles. The second-order valence-corrected chi connectivity index (χ2v) is 6.29. The van der Waals surface area contributed by atoms with Gasteiger partial charge in [0.2, 0.25) is 5.28 Å². The smallest absolute Gasteiger partial charge is 0.328 e. The summed E-state index contributed by atoms with van der Waals surface area (Å²) in [5, 5.41) is -1.98. The van der Waals surface area contributed by atoms with Gasteiger partial charge in [0.25, 0.3) is 0 Å². The SMILES string of the molecule is FC(F)(F)Sc1nc(Cl)[nH]c1-c1c(Cl)cc(C(F)(F)F)cc1Cl. The normalized spacial score (nSPS) is 12.7. The van der Waals surface area contributed by atoms with E-state index in [2.05, 4.69) is 9.97 Å². The van der Waals surface area contributed by atoms with Crippen molar-refractivity contribution in [1.82, 2.24) is 9.97 Å². The van der Waals surface area contributed by atoms with Crippen molar-refractivity contribution in [1.29, 1.82) is 0 Å². The van der Waals surface area contributed by atoms with E-state index in [0.717, 1.165) is 0 Å². The highest BCUT2D eigenvalue weighted by atomic mass is 35.5. The van der Waals surface area contributed by atoms with Crippen LogP contribution in [-0.2, 0) is 6.18 Å². The molecule has 0 amide bonds. The highest BCUT2D eigenvalue weighted by Crippen LogP contribution is 2.46. The third kappa shape index (κ3) is 4.40. The minimum Gasteiger partial charge on any atom is -0.328 e. The van der Waals surface area contributed by atoms with E-state index in [9.17, 15) is 26.3 Å². The molecule has 1 heterocycles. The molecule has 0 fully saturated rings. The van der Waals surface area contributed by atoms with E-state index in [-0.39, 0.29) is 11.3 Å². The largest absolute Gasteiger partial charge is 0.447 e. The van der Waals surface area contributed by atoms with Crippen molar-refractivity contribution in [2.45, 2.75) is 16.7 Å². The molecule has 0 unspecified atom stereocenters. The lowest BCUT2D eigenvalue weighted by Gasteiger charge is -2.12. The molecule has 1 N–H and O–H groups in total. The molecule has 0 atom stereocenters. The van der Waals surface area contributed by atoms with Gasteiger partial charge in [0.1, 0.15) is 5.03 Å². The Morgan fingerprint density at radius 2 is 1.48 bits per heavy atom. The third-order valence-corrected chi connectivity index (χ3v) is 3.97. The molecular weight excluding hydrogens is 413 g/mol. The van der Waals surface area contributed by atoms with E-state index < -0.39 is 49.4 Å². The van der Waals surface area contributed by atoms with Gasteiger partial charge in [-0.25, -0.2) is 4.98 Å². The molecule has 0 aliphatic rings. The molecule has 2 nitrogen and oxygen atoms in total. The number of benzene rings is 1. The van der Waals surface area contributed by atoms with Crippen LogP contribution in [0.25, 0.3) is 11.3 Å². The fourth-order valence-corrected chi connectivity index (χ4v) is 3.17. The number of imidazole rings is 1. The van der Waals surface area contributed by atoms with Gasteiger partial charge in [-0.3, -0.25) is 0 Å². The number of hydrogen-bond acceptors (Lipinski definition) is 2. The van der Waals surface area contributed by atoms with Gasteiger partial charge < -0.3 is 4.98 Å². The lowest BCUT2D eigenvalue weighted by atomic mass is 10.1. The van der Waals surface area contributed by atoms with Crippen LogP contribution < -0.4 is 0 Å². The van der Waals surface area contributed by atoms with Gasteiger partial charge in [-0.1, -0.05) is 23.2 Å². The predicted molar refractivity (Wildman–Crippen MR) is 76.0 cm³/mol. The molecule has 0 bridgehead atoms. The van der Waals surface area contributed by atoms with Crippen LogP contribution in [-0.4, -0.2) is 15.5 Å². The Kier molecular flexibility index (Phi) is 5.06. The second kappa shape index (κ2) is 6.27. The fourth-order valence-electron chi connectivity index (χ4n) is 1.66. The number of H-pyrrole nitrogens is 1. The molecule has 2 aromatic rings. The topological polar surface area (TPSA) is 28.7 Å². The van der Waals surface area contributed by atoms with E-state index in [1.165, 1.54) is 0 Å². The van der Waals surface area contributed by atoms with Crippen molar-refractivity contribution < 1.29 is 26.3 Å². The van der Waals surface area contributed by atoms with Crippen LogP contribution >= 0.6 is 46.6 Å². The van der Waals surface area contributed by atoms with Gasteiger partial charge in [0.05, 0.1) is 21.3 Å². The van der Waals surface area contributed by atoms with E-state index in [4.69, 9.17) is 34.8 Å². The van der Waals surface area contributed by atoms with Crippen LogP contribution in [0.2, 0.25) is 15.3 Å². The van der Waals surface area contributed by atoms with Gasteiger partial charge in [-0.2, -0.15) is 26.3 Å². The summed E-state index contributed by atoms with van der Waals surface area (Å²) >= 11 is 16.5. The minimum atomic E-state index is -4.71. The zero-order valence-corrected chi connectivity index (χ0v) is 13.5. The Hall–Kier alpha value is -0.770. The number of aromatic amines is 1. The van der Waals surface area contributed by atoms with Crippen molar-refractivity contribution in [3.8, 4) is 11.3 Å². The molecule has 0 saturated heterocycles. The lowest BCUT2D eigenvalue weighted by molar-refractivity contribution is -0.137. The van der Waals surface area contributed by atoms with E-state index in [0.29, 0.717) is 12.1 Å². The molecule has 1 aromatic heterocycles. The molecule has 23 heavy (non-hydrogen) atoms. The Morgan fingerprint density at radius 1 is 0.957 bits per heavy atom. The molecule has 0 saturated carbocycles. The number of alkyl halides is 6. The summed E-state index contributed by atoms with van der Waals surface area (Å²) < 4.78 is 75.6. The zero-order valence-electron chi connectivity index (χ0n) is 10.4. The molecular formula is C11H3Cl3F6N2S. The minimum absolute atomic E-state index is 0.257. The number of hydrogen-bond donors (Lipinski definition) is 1. The summed E-state index contributed by atoms with van der Waals surface area (Å²) in [6.45, 7) is 0. The Balaban J connectivity index is 2.60.